The summed E-state index contributed by atoms with van der Waals surface area (Å²) in [5.41, 5.74) is 1.95. The number of ether oxygens (including phenoxy) is 3. The molecule has 10 nitrogen and oxygen atoms in total. The molecule has 2 heterocycles. The third-order valence-electron chi connectivity index (χ3n) is 5.15. The van der Waals surface area contributed by atoms with E-state index < -0.39 is 17.8 Å². The summed E-state index contributed by atoms with van der Waals surface area (Å²) in [6.45, 7) is 0.376. The summed E-state index contributed by atoms with van der Waals surface area (Å²) < 4.78 is 17.0. The molecule has 0 aliphatic heterocycles. The van der Waals surface area contributed by atoms with Gasteiger partial charge in [0.15, 0.2) is 22.9 Å². The van der Waals surface area contributed by atoms with E-state index in [1.54, 1.807) is 12.1 Å². The number of hydrogen-bond acceptors (Lipinski definition) is 8. The van der Waals surface area contributed by atoms with Gasteiger partial charge in [-0.1, -0.05) is 60.7 Å². The minimum absolute atomic E-state index is 0.0888. The number of hydrogen-bond donors (Lipinski definition) is 2. The summed E-state index contributed by atoms with van der Waals surface area (Å²) in [6, 6.07) is 22.3. The van der Waals surface area contributed by atoms with Gasteiger partial charge in [-0.25, -0.2) is 14.8 Å². The van der Waals surface area contributed by atoms with Crippen LogP contribution in [0, 0.1) is 0 Å². The van der Waals surface area contributed by atoms with Crippen LogP contribution >= 0.6 is 31.9 Å². The lowest BCUT2D eigenvalue weighted by molar-refractivity contribution is -0.139. The molecule has 0 aliphatic rings. The summed E-state index contributed by atoms with van der Waals surface area (Å²) in [5, 5.41) is 11.4. The van der Waals surface area contributed by atoms with Crippen molar-refractivity contribution in [1.29, 1.82) is 0 Å². The molecule has 4 rings (SSSR count). The predicted octanol–water partition coefficient (Wildman–Crippen LogP) is 5.45. The fourth-order valence-electron chi connectivity index (χ4n) is 3.17. The van der Waals surface area contributed by atoms with Crippen LogP contribution in [0.1, 0.15) is 32.1 Å². The average Bonchev–Trinajstić information content (AvgIpc) is 2.99. The molecular formula is C29H25Br2N3O7. The Bertz CT molecular complexity index is 1470. The van der Waals surface area contributed by atoms with Crippen LogP contribution in [0.5, 0.6) is 11.5 Å². The number of aromatic nitrogens is 2. The first-order valence-corrected chi connectivity index (χ1v) is 13.6. The summed E-state index contributed by atoms with van der Waals surface area (Å²) in [4.78, 5) is 42.1. The summed E-state index contributed by atoms with van der Waals surface area (Å²) >= 11 is 6.53. The lowest BCUT2D eigenvalue weighted by Gasteiger charge is -2.11. The quantitative estimate of drug-likeness (QED) is 0.209. The Hall–Kier alpha value is -4.29. The third-order valence-corrected chi connectivity index (χ3v) is 6.02. The van der Waals surface area contributed by atoms with E-state index >= 15 is 0 Å². The maximum absolute atomic E-state index is 12.1. The standard InChI is InChI=1S/C16H15BrN2O4.C13H10BrNO3/c1-22-14(20)9-19-16(21)15-13(7-12(17)8-18-15)23-10-11-5-3-2-4-6-11;14-10-6-11(12(13(16)17)15-7-10)18-8-9-4-2-1-3-5-9/h2-8H,9-10H2,1H3,(H,19,21);1-7H,8H2,(H,16,17). The van der Waals surface area contributed by atoms with Crippen molar-refractivity contribution in [2.75, 3.05) is 13.7 Å². The molecule has 0 unspecified atom stereocenters. The molecule has 0 saturated carbocycles. The van der Waals surface area contributed by atoms with Crippen LogP contribution < -0.4 is 14.8 Å². The smallest absolute Gasteiger partial charge is 0.358 e. The normalized spacial score (nSPS) is 10.0. The molecule has 212 valence electrons. The van der Waals surface area contributed by atoms with Gasteiger partial charge in [-0.2, -0.15) is 0 Å². The maximum atomic E-state index is 12.1. The number of benzene rings is 2. The fourth-order valence-corrected chi connectivity index (χ4v) is 3.79. The zero-order valence-electron chi connectivity index (χ0n) is 21.8. The summed E-state index contributed by atoms with van der Waals surface area (Å²) in [7, 11) is 1.25. The highest BCUT2D eigenvalue weighted by Gasteiger charge is 2.17. The third kappa shape index (κ3) is 10.3. The second-order valence-corrected chi connectivity index (χ2v) is 9.94. The predicted molar refractivity (Wildman–Crippen MR) is 157 cm³/mol. The Labute approximate surface area is 253 Å². The molecule has 41 heavy (non-hydrogen) atoms. The van der Waals surface area contributed by atoms with Crippen LogP contribution in [-0.4, -0.2) is 46.6 Å². The van der Waals surface area contributed by atoms with Crippen LogP contribution in [0.3, 0.4) is 0 Å². The molecule has 0 spiro atoms. The van der Waals surface area contributed by atoms with Gasteiger partial charge in [0, 0.05) is 21.3 Å². The van der Waals surface area contributed by atoms with Gasteiger partial charge in [0.25, 0.3) is 5.91 Å². The SMILES string of the molecule is COC(=O)CNC(=O)c1ncc(Br)cc1OCc1ccccc1.O=C(O)c1ncc(Br)cc1OCc1ccccc1. The van der Waals surface area contributed by atoms with E-state index in [2.05, 4.69) is 51.9 Å². The van der Waals surface area contributed by atoms with Gasteiger partial charge >= 0.3 is 11.9 Å². The molecule has 0 aliphatic carbocycles. The number of carboxylic acids is 1. The van der Waals surface area contributed by atoms with Gasteiger partial charge in [-0.3, -0.25) is 9.59 Å². The Balaban J connectivity index is 0.000000232. The first-order chi connectivity index (χ1) is 19.8. The Morgan fingerprint density at radius 1 is 0.780 bits per heavy atom. The number of carbonyl (C=O) groups excluding carboxylic acids is 2. The Morgan fingerprint density at radius 3 is 1.71 bits per heavy atom. The lowest BCUT2D eigenvalue weighted by Crippen LogP contribution is -2.31. The van der Waals surface area contributed by atoms with Gasteiger partial charge in [0.2, 0.25) is 0 Å². The van der Waals surface area contributed by atoms with E-state index in [0.29, 0.717) is 27.9 Å². The number of pyridine rings is 2. The zero-order valence-corrected chi connectivity index (χ0v) is 24.9. The molecule has 2 N–H and O–H groups in total. The van der Waals surface area contributed by atoms with E-state index in [0.717, 1.165) is 11.1 Å². The van der Waals surface area contributed by atoms with Gasteiger partial charge in [-0.05, 0) is 55.1 Å². The van der Waals surface area contributed by atoms with Crippen molar-refractivity contribution in [2.45, 2.75) is 13.2 Å². The van der Waals surface area contributed by atoms with Crippen LogP contribution in [-0.2, 0) is 22.7 Å². The highest BCUT2D eigenvalue weighted by Crippen LogP contribution is 2.23. The minimum Gasteiger partial charge on any atom is -0.486 e. The number of aromatic carboxylic acids is 1. The zero-order chi connectivity index (χ0) is 29.6. The van der Waals surface area contributed by atoms with Crippen molar-refractivity contribution >= 4 is 49.7 Å². The topological polar surface area (TPSA) is 137 Å². The number of nitrogens with one attached hydrogen (secondary N) is 1. The monoisotopic (exact) mass is 685 g/mol. The number of carboxylic acid groups (broad SMARTS) is 1. The van der Waals surface area contributed by atoms with Crippen LogP contribution in [0.4, 0.5) is 0 Å². The molecule has 0 atom stereocenters. The van der Waals surface area contributed by atoms with Gasteiger partial charge in [0.05, 0.1) is 7.11 Å². The molecular weight excluding hydrogens is 662 g/mol. The molecule has 1 amide bonds. The summed E-state index contributed by atoms with van der Waals surface area (Å²) in [5.74, 6) is -1.58. The molecule has 0 bridgehead atoms. The number of carbonyl (C=O) groups is 3. The van der Waals surface area contributed by atoms with Gasteiger partial charge < -0.3 is 24.6 Å². The van der Waals surface area contributed by atoms with E-state index in [1.807, 2.05) is 60.7 Å². The number of amides is 1. The highest BCUT2D eigenvalue weighted by atomic mass is 79.9. The van der Waals surface area contributed by atoms with Crippen molar-refractivity contribution in [2.24, 2.45) is 0 Å². The highest BCUT2D eigenvalue weighted by molar-refractivity contribution is 9.10. The van der Waals surface area contributed by atoms with Crippen molar-refractivity contribution < 1.29 is 33.7 Å². The maximum Gasteiger partial charge on any atom is 0.358 e. The lowest BCUT2D eigenvalue weighted by atomic mass is 10.2. The number of nitrogens with zero attached hydrogens (tertiary/aromatic N) is 2. The Morgan fingerprint density at radius 2 is 1.24 bits per heavy atom. The average molecular weight is 687 g/mol. The van der Waals surface area contributed by atoms with Gasteiger partial charge in [0.1, 0.15) is 19.8 Å². The van der Waals surface area contributed by atoms with E-state index in [9.17, 15) is 14.4 Å². The van der Waals surface area contributed by atoms with Crippen molar-refractivity contribution in [1.82, 2.24) is 15.3 Å². The molecule has 4 aromatic rings. The van der Waals surface area contributed by atoms with E-state index in [4.69, 9.17) is 14.6 Å². The number of esters is 1. The molecule has 0 fully saturated rings. The van der Waals surface area contributed by atoms with Crippen molar-refractivity contribution in [3.8, 4) is 11.5 Å². The second kappa shape index (κ2) is 16.1. The largest absolute Gasteiger partial charge is 0.486 e. The van der Waals surface area contributed by atoms with E-state index in [-0.39, 0.29) is 23.7 Å². The van der Waals surface area contributed by atoms with Crippen molar-refractivity contribution in [3.05, 3.63) is 117 Å². The summed E-state index contributed by atoms with van der Waals surface area (Å²) in [6.07, 6.45) is 2.92. The first-order valence-electron chi connectivity index (χ1n) is 12.0. The minimum atomic E-state index is -1.11. The molecule has 0 radical (unpaired) electrons. The molecule has 12 heteroatoms. The molecule has 0 saturated heterocycles. The molecule has 2 aromatic carbocycles. The van der Waals surface area contributed by atoms with Crippen LogP contribution in [0.15, 0.2) is 94.1 Å². The molecule has 2 aromatic heterocycles. The van der Waals surface area contributed by atoms with Gasteiger partial charge in [-0.15, -0.1) is 0 Å². The van der Waals surface area contributed by atoms with E-state index in [1.165, 1.54) is 19.5 Å². The second-order valence-electron chi connectivity index (χ2n) is 8.11. The van der Waals surface area contributed by atoms with Crippen molar-refractivity contribution in [3.63, 3.8) is 0 Å². The van der Waals surface area contributed by atoms with Crippen LogP contribution in [0.25, 0.3) is 0 Å². The number of halogens is 2. The Kier molecular flexibility index (Phi) is 12.3. The number of rotatable bonds is 10. The first kappa shape index (κ1) is 31.2. The number of methoxy groups -OCH3 is 1. The van der Waals surface area contributed by atoms with Crippen LogP contribution in [0.2, 0.25) is 0 Å². The fraction of sp³-hybridized carbons (Fsp3) is 0.138.